The van der Waals surface area contributed by atoms with Gasteiger partial charge in [0.1, 0.15) is 39.5 Å². The smallest absolute Gasteiger partial charge is 0.229 e. The second-order valence-electron chi connectivity index (χ2n) is 6.30. The Morgan fingerprint density at radius 3 is 1.19 bits per heavy atom. The highest BCUT2D eigenvalue weighted by Gasteiger charge is 3.37. The fourth-order valence-corrected chi connectivity index (χ4v) is 14.4. The summed E-state index contributed by atoms with van der Waals surface area (Å²) in [6.45, 7) is 0. The van der Waals surface area contributed by atoms with Crippen LogP contribution in [0.25, 0.3) is 0 Å². The monoisotopic (exact) mass is 467 g/mol. The van der Waals surface area contributed by atoms with E-state index >= 15 is 0 Å². The molecule has 0 saturated heterocycles. The van der Waals surface area contributed by atoms with Crippen molar-refractivity contribution in [2.45, 2.75) is 38.5 Å². The van der Waals surface area contributed by atoms with Gasteiger partial charge in [0, 0.05) is 0 Å². The SMILES string of the molecule is NC(=O)C12C3(Cl)C4(Cl)C(Cl)(Cl)C5(Cl)C3(Cl)C1(Cl)C5(Cl)C42Cl. The largest absolute Gasteiger partial charge is 0.369 e. The van der Waals surface area contributed by atoms with Gasteiger partial charge in [0.05, 0.1) is 0 Å². The van der Waals surface area contributed by atoms with Crippen LogP contribution in [0, 0.1) is 5.41 Å². The molecule has 6 saturated carbocycles. The predicted octanol–water partition coefficient (Wildman–Crippen LogP) is 3.54. The topological polar surface area (TPSA) is 43.1 Å². The fourth-order valence-electron chi connectivity index (χ4n) is 6.24. The Kier molecular flexibility index (Phi) is 2.05. The molecule has 6 aliphatic carbocycles. The Morgan fingerprint density at radius 2 is 0.857 bits per heavy atom. The van der Waals surface area contributed by atoms with Crippen molar-refractivity contribution >= 4 is 110 Å². The molecule has 0 aromatic rings. The first-order valence-electron chi connectivity index (χ1n) is 5.69. The number of rotatable bonds is 1. The van der Waals surface area contributed by atoms with E-state index in [1.807, 2.05) is 0 Å². The Labute approximate surface area is 163 Å². The highest BCUT2D eigenvalue weighted by Crippen LogP contribution is 3.18. The summed E-state index contributed by atoms with van der Waals surface area (Å²) in [6.07, 6.45) is 0. The molecular weight excluding hydrogens is 469 g/mol. The summed E-state index contributed by atoms with van der Waals surface area (Å²) >= 11 is 59.2. The molecule has 0 heterocycles. The maximum Gasteiger partial charge on any atom is 0.229 e. The molecule has 2 bridgehead atoms. The summed E-state index contributed by atoms with van der Waals surface area (Å²) in [6, 6.07) is 0. The molecule has 1 amide bonds. The normalized spacial score (nSPS) is 80.0. The second-order valence-corrected chi connectivity index (χ2v) is 11.6. The Morgan fingerprint density at radius 1 is 0.571 bits per heavy atom. The number of hydrogen-bond acceptors (Lipinski definition) is 1. The lowest BCUT2D eigenvalue weighted by Gasteiger charge is -3.04. The molecular formula is C10H2Cl9NO. The van der Waals surface area contributed by atoms with Crippen molar-refractivity contribution in [2.75, 3.05) is 0 Å². The summed E-state index contributed by atoms with van der Waals surface area (Å²) in [5.41, 5.74) is 3.89. The van der Waals surface area contributed by atoms with Gasteiger partial charge >= 0.3 is 0 Å². The number of halogens is 9. The molecule has 4 atom stereocenters. The van der Waals surface area contributed by atoms with Gasteiger partial charge in [-0.2, -0.15) is 0 Å². The average molecular weight is 471 g/mol. The van der Waals surface area contributed by atoms with Crippen LogP contribution in [-0.2, 0) is 4.79 Å². The van der Waals surface area contributed by atoms with Crippen molar-refractivity contribution in [1.82, 2.24) is 0 Å². The Bertz CT molecular complexity index is 691. The van der Waals surface area contributed by atoms with Crippen LogP contribution in [0.3, 0.4) is 0 Å². The van der Waals surface area contributed by atoms with Gasteiger partial charge in [-0.05, 0) is 0 Å². The molecule has 4 unspecified atom stereocenters. The molecule has 2 N–H and O–H groups in total. The zero-order chi connectivity index (χ0) is 16.1. The molecule has 6 fully saturated rings. The van der Waals surface area contributed by atoms with Gasteiger partial charge in [-0.1, -0.05) is 23.2 Å². The third-order valence-electron chi connectivity index (χ3n) is 6.58. The van der Waals surface area contributed by atoms with E-state index < -0.39 is 49.8 Å². The summed E-state index contributed by atoms with van der Waals surface area (Å²) in [5, 5.41) is 0. The lowest BCUT2D eigenvalue weighted by Crippen LogP contribution is -3.26. The molecule has 0 aromatic carbocycles. The maximum atomic E-state index is 12.2. The van der Waals surface area contributed by atoms with Gasteiger partial charge in [-0.3, -0.25) is 4.79 Å². The predicted molar refractivity (Wildman–Crippen MR) is 86.2 cm³/mol. The lowest BCUT2D eigenvalue weighted by molar-refractivity contribution is -0.323. The number of primary amides is 1. The van der Waals surface area contributed by atoms with Crippen molar-refractivity contribution in [3.05, 3.63) is 0 Å². The van der Waals surface area contributed by atoms with Crippen LogP contribution in [0.15, 0.2) is 0 Å². The van der Waals surface area contributed by atoms with E-state index in [0.29, 0.717) is 0 Å². The highest BCUT2D eigenvalue weighted by molar-refractivity contribution is 6.79. The van der Waals surface area contributed by atoms with Gasteiger partial charge in [0.15, 0.2) is 4.33 Å². The minimum atomic E-state index is -1.90. The fraction of sp³-hybridized carbons (Fsp3) is 0.900. The summed E-state index contributed by atoms with van der Waals surface area (Å²) in [4.78, 5) is 0.536. The van der Waals surface area contributed by atoms with Crippen molar-refractivity contribution in [3.63, 3.8) is 0 Å². The molecule has 0 spiro atoms. The Hall–Kier alpha value is 2.08. The van der Waals surface area contributed by atoms with E-state index in [0.717, 1.165) is 0 Å². The molecule has 11 heteroatoms. The summed E-state index contributed by atoms with van der Waals surface area (Å²) in [5.74, 6) is -0.851. The van der Waals surface area contributed by atoms with Gasteiger partial charge in [-0.25, -0.2) is 0 Å². The van der Waals surface area contributed by atoms with Crippen molar-refractivity contribution in [1.29, 1.82) is 0 Å². The van der Waals surface area contributed by atoms with Gasteiger partial charge in [0.2, 0.25) is 5.91 Å². The lowest BCUT2D eigenvalue weighted by atomic mass is 9.10. The molecule has 0 aromatic heterocycles. The minimum absolute atomic E-state index is 0.851. The van der Waals surface area contributed by atoms with Crippen LogP contribution in [0.2, 0.25) is 0 Å². The van der Waals surface area contributed by atoms with Crippen LogP contribution in [-0.4, -0.2) is 44.4 Å². The van der Waals surface area contributed by atoms with Crippen molar-refractivity contribution < 1.29 is 4.79 Å². The van der Waals surface area contributed by atoms with E-state index in [9.17, 15) is 4.79 Å². The quantitative estimate of drug-likeness (QED) is 0.585. The van der Waals surface area contributed by atoms with Gasteiger partial charge < -0.3 is 5.73 Å². The highest BCUT2D eigenvalue weighted by atomic mass is 35.5. The number of nitrogens with two attached hydrogens (primary N) is 1. The molecule has 2 nitrogen and oxygen atoms in total. The number of carbonyl (C=O) groups excluding carboxylic acids is 1. The first-order chi connectivity index (χ1) is 9.19. The van der Waals surface area contributed by atoms with Crippen molar-refractivity contribution in [2.24, 2.45) is 11.1 Å². The van der Waals surface area contributed by atoms with Crippen molar-refractivity contribution in [3.8, 4) is 0 Å². The summed E-state index contributed by atoms with van der Waals surface area (Å²) < 4.78 is -1.90. The van der Waals surface area contributed by atoms with Crippen LogP contribution >= 0.6 is 104 Å². The summed E-state index contributed by atoms with van der Waals surface area (Å²) in [7, 11) is 0. The number of carbonyl (C=O) groups is 1. The molecule has 6 aliphatic rings. The van der Waals surface area contributed by atoms with Gasteiger partial charge in [-0.15, -0.1) is 81.2 Å². The first-order valence-corrected chi connectivity index (χ1v) is 9.10. The van der Waals surface area contributed by atoms with Crippen LogP contribution in [0.1, 0.15) is 0 Å². The van der Waals surface area contributed by atoms with E-state index in [4.69, 9.17) is 110 Å². The van der Waals surface area contributed by atoms with Crippen LogP contribution < -0.4 is 5.73 Å². The van der Waals surface area contributed by atoms with Crippen LogP contribution in [0.4, 0.5) is 0 Å². The molecule has 21 heavy (non-hydrogen) atoms. The molecule has 0 aliphatic heterocycles. The standard InChI is InChI=1S/C10H2Cl9NO/c11-3-2(1(20)21)4(12)6(3,14)9(17)7(3,15)5(2,13)8(4,16)10(9,18)19/h(H2,20,21). The number of amides is 1. The van der Waals surface area contributed by atoms with E-state index in [2.05, 4.69) is 0 Å². The third kappa shape index (κ3) is 0.569. The van der Waals surface area contributed by atoms with E-state index in [1.165, 1.54) is 0 Å². The Balaban J connectivity index is 2.01. The number of alkyl halides is 9. The third-order valence-corrected chi connectivity index (χ3v) is 14.8. The average Bonchev–Trinajstić information content (AvgIpc) is 2.44. The number of hydrogen-bond donors (Lipinski definition) is 1. The minimum Gasteiger partial charge on any atom is -0.369 e. The van der Waals surface area contributed by atoms with Crippen LogP contribution in [0.5, 0.6) is 0 Å². The first kappa shape index (κ1) is 15.3. The second kappa shape index (κ2) is 2.81. The molecule has 116 valence electrons. The van der Waals surface area contributed by atoms with E-state index in [-0.39, 0.29) is 0 Å². The van der Waals surface area contributed by atoms with E-state index in [1.54, 1.807) is 0 Å². The molecule has 0 radical (unpaired) electrons. The zero-order valence-electron chi connectivity index (χ0n) is 9.39. The molecule has 6 rings (SSSR count). The maximum absolute atomic E-state index is 12.2. The zero-order valence-corrected chi connectivity index (χ0v) is 16.2. The van der Waals surface area contributed by atoms with Gasteiger partial charge in [0.25, 0.3) is 0 Å².